The fourth-order valence-corrected chi connectivity index (χ4v) is 1.76. The van der Waals surface area contributed by atoms with E-state index in [0.717, 1.165) is 6.29 Å². The second kappa shape index (κ2) is 4.72. The standard InChI is InChI=1S/C10H18O3/c1-7(4-5-11)10-8(2)9(3)12-6-13-10/h5,7-10H,4,6H2,1-3H3. The van der Waals surface area contributed by atoms with Crippen molar-refractivity contribution in [1.29, 1.82) is 0 Å². The monoisotopic (exact) mass is 186 g/mol. The van der Waals surface area contributed by atoms with Gasteiger partial charge in [-0.1, -0.05) is 13.8 Å². The summed E-state index contributed by atoms with van der Waals surface area (Å²) in [4.78, 5) is 10.4. The van der Waals surface area contributed by atoms with Crippen LogP contribution in [0.2, 0.25) is 0 Å². The first-order valence-corrected chi connectivity index (χ1v) is 4.83. The fraction of sp³-hybridized carbons (Fsp3) is 0.900. The van der Waals surface area contributed by atoms with Crippen LogP contribution >= 0.6 is 0 Å². The molecule has 76 valence electrons. The van der Waals surface area contributed by atoms with Crippen molar-refractivity contribution in [2.75, 3.05) is 6.79 Å². The van der Waals surface area contributed by atoms with Crippen molar-refractivity contribution in [2.24, 2.45) is 11.8 Å². The van der Waals surface area contributed by atoms with Gasteiger partial charge in [-0.25, -0.2) is 0 Å². The van der Waals surface area contributed by atoms with Gasteiger partial charge in [0.25, 0.3) is 0 Å². The van der Waals surface area contributed by atoms with Crippen molar-refractivity contribution in [2.45, 2.75) is 39.4 Å². The molecule has 0 radical (unpaired) electrons. The molecule has 1 aliphatic heterocycles. The predicted molar refractivity (Wildman–Crippen MR) is 49.3 cm³/mol. The van der Waals surface area contributed by atoms with Gasteiger partial charge in [-0.2, -0.15) is 0 Å². The summed E-state index contributed by atoms with van der Waals surface area (Å²) in [5, 5.41) is 0. The number of rotatable bonds is 3. The Balaban J connectivity index is 2.51. The lowest BCUT2D eigenvalue weighted by atomic mass is 9.87. The maximum Gasteiger partial charge on any atom is 0.147 e. The summed E-state index contributed by atoms with van der Waals surface area (Å²) in [7, 11) is 0. The molecule has 4 atom stereocenters. The molecule has 1 rings (SSSR count). The fourth-order valence-electron chi connectivity index (χ4n) is 1.76. The summed E-state index contributed by atoms with van der Waals surface area (Å²) in [5.41, 5.74) is 0. The van der Waals surface area contributed by atoms with Crippen LogP contribution in [-0.4, -0.2) is 25.3 Å². The molecule has 1 heterocycles. The van der Waals surface area contributed by atoms with Crippen LogP contribution in [0.25, 0.3) is 0 Å². The van der Waals surface area contributed by atoms with Gasteiger partial charge in [-0.15, -0.1) is 0 Å². The summed E-state index contributed by atoms with van der Waals surface area (Å²) >= 11 is 0. The highest BCUT2D eigenvalue weighted by Crippen LogP contribution is 2.26. The Hall–Kier alpha value is -0.410. The van der Waals surface area contributed by atoms with Crippen molar-refractivity contribution in [3.05, 3.63) is 0 Å². The lowest BCUT2D eigenvalue weighted by Crippen LogP contribution is -2.42. The summed E-state index contributed by atoms with van der Waals surface area (Å²) in [6, 6.07) is 0. The van der Waals surface area contributed by atoms with E-state index < -0.39 is 0 Å². The van der Waals surface area contributed by atoms with Crippen molar-refractivity contribution in [1.82, 2.24) is 0 Å². The van der Waals surface area contributed by atoms with Crippen molar-refractivity contribution in [3.63, 3.8) is 0 Å². The molecule has 0 amide bonds. The van der Waals surface area contributed by atoms with Crippen molar-refractivity contribution in [3.8, 4) is 0 Å². The summed E-state index contributed by atoms with van der Waals surface area (Å²) in [5.74, 6) is 0.655. The smallest absolute Gasteiger partial charge is 0.147 e. The molecule has 1 aliphatic rings. The third-order valence-electron chi connectivity index (χ3n) is 2.88. The van der Waals surface area contributed by atoms with E-state index in [-0.39, 0.29) is 12.2 Å². The predicted octanol–water partition coefficient (Wildman–Crippen LogP) is 1.61. The molecule has 0 aromatic carbocycles. The zero-order valence-electron chi connectivity index (χ0n) is 8.53. The minimum absolute atomic E-state index is 0.161. The van der Waals surface area contributed by atoms with Gasteiger partial charge in [0.05, 0.1) is 12.2 Å². The SMILES string of the molecule is CC(CC=O)C1OCOC(C)C1C. The molecule has 3 nitrogen and oxygen atoms in total. The van der Waals surface area contributed by atoms with Gasteiger partial charge in [0.1, 0.15) is 13.1 Å². The van der Waals surface area contributed by atoms with Gasteiger partial charge in [-0.05, 0) is 12.8 Å². The first-order valence-electron chi connectivity index (χ1n) is 4.83. The maximum atomic E-state index is 10.4. The van der Waals surface area contributed by atoms with E-state index in [9.17, 15) is 4.79 Å². The molecule has 13 heavy (non-hydrogen) atoms. The van der Waals surface area contributed by atoms with Gasteiger partial charge < -0.3 is 14.3 Å². The minimum atomic E-state index is 0.161. The number of carbonyl (C=O) groups is 1. The van der Waals surface area contributed by atoms with Crippen molar-refractivity contribution >= 4 is 6.29 Å². The Labute approximate surface area is 79.4 Å². The number of ether oxygens (including phenoxy) is 2. The largest absolute Gasteiger partial charge is 0.352 e. The minimum Gasteiger partial charge on any atom is -0.352 e. The first-order chi connectivity index (χ1) is 6.16. The molecule has 3 heteroatoms. The maximum absolute atomic E-state index is 10.4. The van der Waals surface area contributed by atoms with Gasteiger partial charge >= 0.3 is 0 Å². The van der Waals surface area contributed by atoms with E-state index in [4.69, 9.17) is 9.47 Å². The normalized spacial score (nSPS) is 37.0. The van der Waals surface area contributed by atoms with E-state index in [1.165, 1.54) is 0 Å². The summed E-state index contributed by atoms with van der Waals surface area (Å²) < 4.78 is 10.8. The van der Waals surface area contributed by atoms with Gasteiger partial charge in [0, 0.05) is 12.3 Å². The summed E-state index contributed by atoms with van der Waals surface area (Å²) in [6.45, 7) is 6.57. The molecule has 4 unspecified atom stereocenters. The molecule has 0 aromatic heterocycles. The third kappa shape index (κ3) is 2.51. The van der Waals surface area contributed by atoms with Crippen LogP contribution in [0.1, 0.15) is 27.2 Å². The average Bonchev–Trinajstić information content (AvgIpc) is 2.10. The highest BCUT2D eigenvalue weighted by atomic mass is 16.7. The van der Waals surface area contributed by atoms with Crippen LogP contribution in [-0.2, 0) is 14.3 Å². The van der Waals surface area contributed by atoms with E-state index >= 15 is 0 Å². The first kappa shape index (κ1) is 10.7. The second-order valence-electron chi connectivity index (χ2n) is 3.86. The van der Waals surface area contributed by atoms with E-state index in [0.29, 0.717) is 25.0 Å². The van der Waals surface area contributed by atoms with E-state index in [1.807, 2.05) is 13.8 Å². The number of hydrogen-bond donors (Lipinski definition) is 0. The molecule has 0 N–H and O–H groups in total. The van der Waals surface area contributed by atoms with Crippen LogP contribution in [0.5, 0.6) is 0 Å². The van der Waals surface area contributed by atoms with Crippen molar-refractivity contribution < 1.29 is 14.3 Å². The zero-order valence-corrected chi connectivity index (χ0v) is 8.53. The number of aldehydes is 1. The second-order valence-corrected chi connectivity index (χ2v) is 3.86. The molecule has 0 spiro atoms. The van der Waals surface area contributed by atoms with Gasteiger partial charge in [-0.3, -0.25) is 0 Å². The van der Waals surface area contributed by atoms with Crippen LogP contribution in [0.4, 0.5) is 0 Å². The average molecular weight is 186 g/mol. The lowest BCUT2D eigenvalue weighted by molar-refractivity contribution is -0.211. The van der Waals surface area contributed by atoms with Crippen LogP contribution in [0, 0.1) is 11.8 Å². The Morgan fingerprint density at radius 3 is 2.77 bits per heavy atom. The Morgan fingerprint density at radius 1 is 1.46 bits per heavy atom. The number of hydrogen-bond acceptors (Lipinski definition) is 3. The Kier molecular flexibility index (Phi) is 3.88. The third-order valence-corrected chi connectivity index (χ3v) is 2.88. The zero-order chi connectivity index (χ0) is 9.84. The molecular formula is C10H18O3. The van der Waals surface area contributed by atoms with Crippen LogP contribution < -0.4 is 0 Å². The quantitative estimate of drug-likeness (QED) is 0.628. The molecular weight excluding hydrogens is 168 g/mol. The molecule has 0 aliphatic carbocycles. The Morgan fingerprint density at radius 2 is 2.15 bits per heavy atom. The van der Waals surface area contributed by atoms with E-state index in [1.54, 1.807) is 0 Å². The molecule has 1 fully saturated rings. The van der Waals surface area contributed by atoms with Gasteiger partial charge in [0.15, 0.2) is 0 Å². The Bertz CT molecular complexity index is 170. The summed E-state index contributed by atoms with van der Waals surface area (Å²) in [6.07, 6.45) is 1.92. The molecule has 0 bridgehead atoms. The van der Waals surface area contributed by atoms with Gasteiger partial charge in [0.2, 0.25) is 0 Å². The molecule has 1 saturated heterocycles. The number of carbonyl (C=O) groups excluding carboxylic acids is 1. The highest BCUT2D eigenvalue weighted by molar-refractivity contribution is 5.49. The van der Waals surface area contributed by atoms with Crippen LogP contribution in [0.3, 0.4) is 0 Å². The molecule has 0 saturated carbocycles. The highest BCUT2D eigenvalue weighted by Gasteiger charge is 2.32. The van der Waals surface area contributed by atoms with E-state index in [2.05, 4.69) is 6.92 Å². The molecule has 0 aromatic rings. The van der Waals surface area contributed by atoms with Crippen LogP contribution in [0.15, 0.2) is 0 Å². The topological polar surface area (TPSA) is 35.5 Å². The lowest BCUT2D eigenvalue weighted by Gasteiger charge is -2.37.